The van der Waals surface area contributed by atoms with Gasteiger partial charge in [-0.1, -0.05) is 146 Å². The van der Waals surface area contributed by atoms with Crippen LogP contribution in [-0.2, 0) is 22.7 Å². The lowest BCUT2D eigenvalue weighted by Gasteiger charge is -2.45. The average molecular weight is 847 g/mol. The molecule has 2 aliphatic carbocycles. The quantitative estimate of drug-likeness (QED) is 0.163. The number of thiophene rings is 1. The molecule has 0 spiro atoms. The van der Waals surface area contributed by atoms with E-state index in [4.69, 9.17) is 0 Å². The van der Waals surface area contributed by atoms with E-state index in [0.29, 0.717) is 0 Å². The molecule has 314 valence electrons. The summed E-state index contributed by atoms with van der Waals surface area (Å²) in [6, 6.07) is 54.3. The second-order valence-electron chi connectivity index (χ2n) is 21.4. The van der Waals surface area contributed by atoms with E-state index in [0.717, 1.165) is 12.8 Å². The first-order chi connectivity index (χ1) is 30.7. The highest BCUT2D eigenvalue weighted by Gasteiger charge is 2.45. The van der Waals surface area contributed by atoms with Crippen molar-refractivity contribution in [3.63, 3.8) is 0 Å². The van der Waals surface area contributed by atoms with Gasteiger partial charge in [0, 0.05) is 49.1 Å². The summed E-state index contributed by atoms with van der Waals surface area (Å²) in [7, 11) is 0. The maximum atomic E-state index is 2.62. The third kappa shape index (κ3) is 5.77. The first-order valence-corrected chi connectivity index (χ1v) is 24.1. The Hall–Kier alpha value is -6.10. The second kappa shape index (κ2) is 13.7. The van der Waals surface area contributed by atoms with E-state index in [-0.39, 0.29) is 23.0 Å². The molecule has 0 radical (unpaired) electrons. The Balaban J connectivity index is 1.07. The van der Waals surface area contributed by atoms with Crippen LogP contribution in [0.25, 0.3) is 26.8 Å². The van der Waals surface area contributed by atoms with Crippen LogP contribution in [0.2, 0.25) is 0 Å². The summed E-state index contributed by atoms with van der Waals surface area (Å²) in [6.45, 7) is 21.2. The Kier molecular flexibility index (Phi) is 8.46. The normalized spacial score (nSPS) is 15.6. The van der Waals surface area contributed by atoms with Gasteiger partial charge in [-0.2, -0.15) is 0 Å². The molecule has 7 aromatic carbocycles. The fraction of sp³-hybridized carbons (Fsp3) is 0.233. The number of benzene rings is 7. The average Bonchev–Trinajstić information content (AvgIpc) is 3.77. The molecule has 64 heavy (non-hydrogen) atoms. The van der Waals surface area contributed by atoms with Crippen molar-refractivity contribution in [3.8, 4) is 11.1 Å². The zero-order valence-corrected chi connectivity index (χ0v) is 39.5. The lowest BCUT2D eigenvalue weighted by molar-refractivity contribution is 0.590. The van der Waals surface area contributed by atoms with Crippen molar-refractivity contribution in [2.75, 3.05) is 9.80 Å². The second-order valence-corrected chi connectivity index (χ2v) is 22.4. The van der Waals surface area contributed by atoms with E-state index in [1.165, 1.54) is 121 Å². The third-order valence-electron chi connectivity index (χ3n) is 14.9. The number of fused-ring (bicyclic) bond motifs is 10. The Morgan fingerprint density at radius 2 is 1.23 bits per heavy atom. The van der Waals surface area contributed by atoms with Crippen LogP contribution in [0, 0.1) is 6.92 Å². The van der Waals surface area contributed by atoms with E-state index in [1.807, 2.05) is 11.3 Å². The molecule has 0 bridgehead atoms. The minimum Gasteiger partial charge on any atom is -0.311 e. The lowest BCUT2D eigenvalue weighted by Crippen LogP contribution is -2.61. The predicted octanol–water partition coefficient (Wildman–Crippen LogP) is 14.6. The van der Waals surface area contributed by atoms with Crippen molar-refractivity contribution in [2.45, 2.75) is 91.4 Å². The minimum atomic E-state index is -0.111. The molecule has 0 unspecified atom stereocenters. The molecule has 12 rings (SSSR count). The van der Waals surface area contributed by atoms with Gasteiger partial charge in [0.15, 0.2) is 0 Å². The Morgan fingerprint density at radius 3 is 2.00 bits per heavy atom. The highest BCUT2D eigenvalue weighted by atomic mass is 32.1. The zero-order valence-electron chi connectivity index (χ0n) is 38.7. The maximum Gasteiger partial charge on any atom is 0.252 e. The van der Waals surface area contributed by atoms with Gasteiger partial charge in [0.05, 0.1) is 0 Å². The van der Waals surface area contributed by atoms with Crippen LogP contribution in [0.1, 0.15) is 106 Å². The topological polar surface area (TPSA) is 6.48 Å². The van der Waals surface area contributed by atoms with E-state index in [2.05, 4.69) is 218 Å². The summed E-state index contributed by atoms with van der Waals surface area (Å²) in [5.74, 6) is 0. The summed E-state index contributed by atoms with van der Waals surface area (Å²) >= 11 is 1.95. The van der Waals surface area contributed by atoms with Gasteiger partial charge in [-0.05, 0) is 163 Å². The molecule has 8 aromatic rings. The summed E-state index contributed by atoms with van der Waals surface area (Å²) in [5.41, 5.74) is 25.1. The minimum absolute atomic E-state index is 0.00845. The number of hydrogen-bond acceptors (Lipinski definition) is 3. The first kappa shape index (κ1) is 39.5. The van der Waals surface area contributed by atoms with Gasteiger partial charge in [-0.3, -0.25) is 0 Å². The van der Waals surface area contributed by atoms with Gasteiger partial charge in [0.1, 0.15) is 0 Å². The fourth-order valence-corrected chi connectivity index (χ4v) is 12.8. The number of allylic oxidation sites excluding steroid dienone is 1. The van der Waals surface area contributed by atoms with Crippen molar-refractivity contribution in [3.05, 3.63) is 189 Å². The van der Waals surface area contributed by atoms with E-state index >= 15 is 0 Å². The summed E-state index contributed by atoms with van der Waals surface area (Å²) in [6.07, 6.45) is 4.64. The van der Waals surface area contributed by atoms with Crippen LogP contribution >= 0.6 is 11.3 Å². The Labute approximate surface area is 384 Å². The molecule has 4 heteroatoms. The molecular formula is C60H55BN2S. The molecule has 3 heterocycles. The maximum absolute atomic E-state index is 2.62. The predicted molar refractivity (Wildman–Crippen MR) is 277 cm³/mol. The van der Waals surface area contributed by atoms with Crippen LogP contribution in [0.4, 0.5) is 34.1 Å². The van der Waals surface area contributed by atoms with E-state index in [9.17, 15) is 0 Å². The van der Waals surface area contributed by atoms with Crippen molar-refractivity contribution in [1.29, 1.82) is 0 Å². The van der Waals surface area contributed by atoms with Crippen LogP contribution in [-0.4, -0.2) is 6.71 Å². The number of anilines is 6. The first-order valence-electron chi connectivity index (χ1n) is 23.3. The molecule has 0 fully saturated rings. The highest BCUT2D eigenvalue weighted by molar-refractivity contribution is 7.20. The van der Waals surface area contributed by atoms with Crippen LogP contribution < -0.4 is 26.2 Å². The molecule has 0 saturated carbocycles. The van der Waals surface area contributed by atoms with Gasteiger partial charge in [-0.25, -0.2) is 0 Å². The fourth-order valence-electron chi connectivity index (χ4n) is 11.5. The van der Waals surface area contributed by atoms with Crippen molar-refractivity contribution in [1.82, 2.24) is 0 Å². The molecule has 0 amide bonds. The number of hydrogen-bond donors (Lipinski definition) is 0. The smallest absolute Gasteiger partial charge is 0.252 e. The van der Waals surface area contributed by atoms with Gasteiger partial charge >= 0.3 is 0 Å². The standard InChI is InChI=1S/C60H55BN2S/c1-36-31-53-56-54(32-36)63(41-27-28-44-43-15-10-12-19-47(43)60(8,9)48(44)35-41)52-34-39(59(5,6)7)23-29-49(52)61(56)50-33-38(58(2,3)4)24-30-51(50)62(53)40-25-21-37(22-26-40)42-17-14-18-46-45-16-11-13-20-55(45)64-57(42)46/h10-13,15-17,19-35H,14,18H2,1-9H3. The Morgan fingerprint density at radius 1 is 0.578 bits per heavy atom. The summed E-state index contributed by atoms with van der Waals surface area (Å²) < 4.78 is 1.38. The highest BCUT2D eigenvalue weighted by Crippen LogP contribution is 2.52. The molecule has 4 aliphatic rings. The van der Waals surface area contributed by atoms with Crippen LogP contribution in [0.15, 0.2) is 146 Å². The molecule has 1 aromatic heterocycles. The number of rotatable bonds is 3. The third-order valence-corrected chi connectivity index (χ3v) is 16.1. The van der Waals surface area contributed by atoms with Gasteiger partial charge in [-0.15, -0.1) is 11.3 Å². The molecular weight excluding hydrogens is 792 g/mol. The lowest BCUT2D eigenvalue weighted by atomic mass is 9.33. The van der Waals surface area contributed by atoms with E-state index in [1.54, 1.807) is 0 Å². The van der Waals surface area contributed by atoms with E-state index < -0.39 is 0 Å². The van der Waals surface area contributed by atoms with Gasteiger partial charge < -0.3 is 9.80 Å². The van der Waals surface area contributed by atoms with Gasteiger partial charge in [0.25, 0.3) is 6.71 Å². The monoisotopic (exact) mass is 846 g/mol. The molecule has 0 N–H and O–H groups in total. The number of aryl methyl sites for hydroxylation is 2. The summed E-state index contributed by atoms with van der Waals surface area (Å²) in [4.78, 5) is 6.62. The Bertz CT molecular complexity index is 3290. The largest absolute Gasteiger partial charge is 0.311 e. The van der Waals surface area contributed by atoms with Gasteiger partial charge in [0.2, 0.25) is 0 Å². The molecule has 2 nitrogen and oxygen atoms in total. The van der Waals surface area contributed by atoms with Crippen LogP contribution in [0.3, 0.4) is 0 Å². The molecule has 0 atom stereocenters. The van der Waals surface area contributed by atoms with Crippen molar-refractivity contribution < 1.29 is 0 Å². The van der Waals surface area contributed by atoms with Crippen LogP contribution in [0.5, 0.6) is 0 Å². The SMILES string of the molecule is Cc1cc2c3c(c1)N(c1ccc4c(c1)C(C)(C)c1ccccc1-4)c1cc(C(C)(C)C)ccc1B3c1cc(C(C)(C)C)ccc1N2c1ccc(C2=CCCc3c2sc2ccccc32)cc1. The molecule has 2 aliphatic heterocycles. The van der Waals surface area contributed by atoms with Crippen molar-refractivity contribution >= 4 is 84.2 Å². The van der Waals surface area contributed by atoms with Crippen molar-refractivity contribution in [2.24, 2.45) is 0 Å². The number of nitrogens with zero attached hydrogens (tertiary/aromatic N) is 2. The zero-order chi connectivity index (χ0) is 44.0. The molecule has 0 saturated heterocycles. The summed E-state index contributed by atoms with van der Waals surface area (Å²) in [5, 5.41) is 1.42.